The van der Waals surface area contributed by atoms with E-state index in [1.165, 1.54) is 0 Å². The van der Waals surface area contributed by atoms with E-state index in [9.17, 15) is 13.2 Å². The molecule has 0 fully saturated rings. The number of carbonyl (C=O) groups excluding carboxylic acids is 1. The van der Waals surface area contributed by atoms with Crippen LogP contribution in [0.15, 0.2) is 0 Å². The van der Waals surface area contributed by atoms with Gasteiger partial charge in [0.05, 0.1) is 7.11 Å². The fourth-order valence-electron chi connectivity index (χ4n) is 0.424. The molecule has 0 aliphatic carbocycles. The number of aliphatic hydroxyl groups is 1. The molecule has 7 heteroatoms. The lowest BCUT2D eigenvalue weighted by Crippen LogP contribution is -2.33. The third-order valence-electron chi connectivity index (χ3n) is 0.863. The van der Waals surface area contributed by atoms with Crippen LogP contribution < -0.4 is 5.14 Å². The van der Waals surface area contributed by atoms with Crippen molar-refractivity contribution in [2.75, 3.05) is 12.9 Å². The quantitative estimate of drug-likeness (QED) is 0.483. The van der Waals surface area contributed by atoms with Crippen molar-refractivity contribution in [3.8, 4) is 0 Å². The molecular weight excluding hydrogens is 174 g/mol. The van der Waals surface area contributed by atoms with Crippen molar-refractivity contribution >= 4 is 16.0 Å². The number of aliphatic hydroxyl groups excluding tert-OH is 1. The van der Waals surface area contributed by atoms with Gasteiger partial charge in [0.1, 0.15) is 5.75 Å². The maximum absolute atomic E-state index is 10.4. The smallest absolute Gasteiger partial charge is 0.335 e. The van der Waals surface area contributed by atoms with E-state index < -0.39 is 27.8 Å². The standard InChI is InChI=1S/C4H9NO5S/c1-10-4(7)3(6)2-11(5,8)9/h3,6H,2H2,1H3,(H2,5,8,9). The average Bonchev–Trinajstić information content (AvgIpc) is 1.82. The topological polar surface area (TPSA) is 107 Å². The van der Waals surface area contributed by atoms with Crippen molar-refractivity contribution in [3.63, 3.8) is 0 Å². The fourth-order valence-corrected chi connectivity index (χ4v) is 1.00. The minimum absolute atomic E-state index is 0.820. The lowest BCUT2D eigenvalue weighted by Gasteiger charge is -2.04. The Kier molecular flexibility index (Phi) is 3.43. The second-order valence-corrected chi connectivity index (χ2v) is 3.53. The van der Waals surface area contributed by atoms with Crippen LogP contribution in [0.5, 0.6) is 0 Å². The van der Waals surface area contributed by atoms with E-state index in [2.05, 4.69) is 9.88 Å². The van der Waals surface area contributed by atoms with E-state index in [0.717, 1.165) is 7.11 Å². The van der Waals surface area contributed by atoms with Gasteiger partial charge in [-0.1, -0.05) is 0 Å². The van der Waals surface area contributed by atoms with E-state index >= 15 is 0 Å². The molecule has 1 atom stereocenters. The molecule has 0 aromatic rings. The number of sulfonamides is 1. The highest BCUT2D eigenvalue weighted by molar-refractivity contribution is 7.89. The summed E-state index contributed by atoms with van der Waals surface area (Å²) in [6.07, 6.45) is -1.70. The normalized spacial score (nSPS) is 14.1. The van der Waals surface area contributed by atoms with E-state index in [1.54, 1.807) is 0 Å². The molecule has 0 rings (SSSR count). The molecule has 0 bridgehead atoms. The van der Waals surface area contributed by atoms with Gasteiger partial charge < -0.3 is 9.84 Å². The third-order valence-corrected chi connectivity index (χ3v) is 1.64. The Morgan fingerprint density at radius 1 is 1.73 bits per heavy atom. The second kappa shape index (κ2) is 3.65. The van der Waals surface area contributed by atoms with Gasteiger partial charge in [-0.3, -0.25) is 0 Å². The summed E-state index contributed by atoms with van der Waals surface area (Å²) in [5, 5.41) is 13.3. The summed E-state index contributed by atoms with van der Waals surface area (Å²) in [6, 6.07) is 0. The molecule has 66 valence electrons. The first-order chi connectivity index (χ1) is 4.87. The van der Waals surface area contributed by atoms with Crippen LogP contribution in [0.25, 0.3) is 0 Å². The maximum atomic E-state index is 10.4. The Labute approximate surface area is 64.0 Å². The fraction of sp³-hybridized carbons (Fsp3) is 0.750. The van der Waals surface area contributed by atoms with Gasteiger partial charge in [-0.15, -0.1) is 0 Å². The Bertz CT molecular complexity index is 233. The summed E-state index contributed by atoms with van der Waals surface area (Å²) in [5.41, 5.74) is 0. The molecule has 0 aromatic carbocycles. The second-order valence-electron chi connectivity index (χ2n) is 1.87. The summed E-state index contributed by atoms with van der Waals surface area (Å²) in [4.78, 5) is 10.4. The Morgan fingerprint density at radius 3 is 2.45 bits per heavy atom. The first kappa shape index (κ1) is 10.3. The number of hydrogen-bond acceptors (Lipinski definition) is 5. The van der Waals surface area contributed by atoms with Crippen molar-refractivity contribution in [2.45, 2.75) is 6.10 Å². The molecule has 0 radical (unpaired) electrons. The first-order valence-electron chi connectivity index (χ1n) is 2.63. The van der Waals surface area contributed by atoms with Gasteiger partial charge >= 0.3 is 5.97 Å². The van der Waals surface area contributed by atoms with Crippen molar-refractivity contribution in [2.24, 2.45) is 5.14 Å². The van der Waals surface area contributed by atoms with Crippen LogP contribution in [-0.4, -0.2) is 38.5 Å². The van der Waals surface area contributed by atoms with Crippen LogP contribution in [0.2, 0.25) is 0 Å². The van der Waals surface area contributed by atoms with Crippen LogP contribution in [0.3, 0.4) is 0 Å². The molecule has 0 aromatic heterocycles. The zero-order valence-electron chi connectivity index (χ0n) is 5.85. The highest BCUT2D eigenvalue weighted by Gasteiger charge is 2.20. The summed E-state index contributed by atoms with van der Waals surface area (Å²) in [6.45, 7) is 0. The summed E-state index contributed by atoms with van der Waals surface area (Å²) in [5.74, 6) is -1.83. The number of carbonyl (C=O) groups is 1. The molecule has 0 aliphatic heterocycles. The van der Waals surface area contributed by atoms with Crippen LogP contribution in [0, 0.1) is 0 Å². The van der Waals surface area contributed by atoms with Crippen molar-refractivity contribution in [1.29, 1.82) is 0 Å². The molecule has 0 amide bonds. The number of methoxy groups -OCH3 is 1. The highest BCUT2D eigenvalue weighted by atomic mass is 32.2. The van der Waals surface area contributed by atoms with E-state index in [4.69, 9.17) is 5.11 Å². The zero-order valence-corrected chi connectivity index (χ0v) is 6.67. The predicted octanol–water partition coefficient (Wildman–Crippen LogP) is -2.19. The molecule has 0 spiro atoms. The molecule has 3 N–H and O–H groups in total. The third kappa shape index (κ3) is 4.71. The van der Waals surface area contributed by atoms with Gasteiger partial charge in [-0.2, -0.15) is 0 Å². The minimum Gasteiger partial charge on any atom is -0.467 e. The molecule has 11 heavy (non-hydrogen) atoms. The van der Waals surface area contributed by atoms with Crippen molar-refractivity contribution in [1.82, 2.24) is 0 Å². The number of nitrogens with two attached hydrogens (primary N) is 1. The largest absolute Gasteiger partial charge is 0.467 e. The van der Waals surface area contributed by atoms with Gasteiger partial charge in [0, 0.05) is 0 Å². The lowest BCUT2D eigenvalue weighted by molar-refractivity contribution is -0.149. The number of primary sulfonamides is 1. The molecule has 1 unspecified atom stereocenters. The number of rotatable bonds is 3. The predicted molar refractivity (Wildman–Crippen MR) is 36.0 cm³/mol. The van der Waals surface area contributed by atoms with E-state index in [1.807, 2.05) is 0 Å². The Balaban J connectivity index is 4.09. The monoisotopic (exact) mass is 183 g/mol. The van der Waals surface area contributed by atoms with Gasteiger partial charge in [-0.25, -0.2) is 18.4 Å². The molecule has 6 nitrogen and oxygen atoms in total. The Morgan fingerprint density at radius 2 is 2.18 bits per heavy atom. The first-order valence-corrected chi connectivity index (χ1v) is 4.34. The average molecular weight is 183 g/mol. The molecule has 0 saturated carbocycles. The van der Waals surface area contributed by atoms with Crippen molar-refractivity contribution in [3.05, 3.63) is 0 Å². The van der Waals surface area contributed by atoms with Gasteiger partial charge in [0.25, 0.3) is 0 Å². The lowest BCUT2D eigenvalue weighted by atomic mass is 10.4. The molecule has 0 aliphatic rings. The Hall–Kier alpha value is -0.660. The van der Waals surface area contributed by atoms with Crippen LogP contribution in [-0.2, 0) is 19.6 Å². The van der Waals surface area contributed by atoms with Gasteiger partial charge in [0.2, 0.25) is 10.0 Å². The summed E-state index contributed by atoms with van der Waals surface area (Å²) in [7, 11) is -2.79. The minimum atomic E-state index is -3.83. The summed E-state index contributed by atoms with van der Waals surface area (Å²) < 4.78 is 24.6. The van der Waals surface area contributed by atoms with Crippen LogP contribution >= 0.6 is 0 Å². The van der Waals surface area contributed by atoms with Crippen LogP contribution in [0.1, 0.15) is 0 Å². The number of ether oxygens (including phenoxy) is 1. The number of hydrogen-bond donors (Lipinski definition) is 2. The summed E-state index contributed by atoms with van der Waals surface area (Å²) >= 11 is 0. The molecule has 0 saturated heterocycles. The maximum Gasteiger partial charge on any atom is 0.335 e. The van der Waals surface area contributed by atoms with E-state index in [0.29, 0.717) is 0 Å². The SMILES string of the molecule is COC(=O)C(O)CS(N)(=O)=O. The van der Waals surface area contributed by atoms with Gasteiger partial charge in [-0.05, 0) is 0 Å². The molecular formula is C4H9NO5S. The van der Waals surface area contributed by atoms with Crippen LogP contribution in [0.4, 0.5) is 0 Å². The zero-order chi connectivity index (χ0) is 9.07. The molecule has 0 heterocycles. The van der Waals surface area contributed by atoms with Crippen molar-refractivity contribution < 1.29 is 23.1 Å². The number of esters is 1. The highest BCUT2D eigenvalue weighted by Crippen LogP contribution is 1.90. The van der Waals surface area contributed by atoms with E-state index in [-0.39, 0.29) is 0 Å². The van der Waals surface area contributed by atoms with Gasteiger partial charge in [0.15, 0.2) is 6.10 Å².